The van der Waals surface area contributed by atoms with Crippen LogP contribution in [0.2, 0.25) is 0 Å². The van der Waals surface area contributed by atoms with E-state index in [2.05, 4.69) is 16.6 Å². The van der Waals surface area contributed by atoms with Gasteiger partial charge in [0.2, 0.25) is 10.0 Å². The van der Waals surface area contributed by atoms with Crippen LogP contribution in [0.3, 0.4) is 0 Å². The van der Waals surface area contributed by atoms with Crippen LogP contribution in [-0.4, -0.2) is 33.5 Å². The number of nitrogens with two attached hydrogens (primary N) is 1. The quantitative estimate of drug-likeness (QED) is 0.612. The number of rotatable bonds is 8. The van der Waals surface area contributed by atoms with E-state index in [0.29, 0.717) is 18.5 Å². The first-order valence-electron chi connectivity index (χ1n) is 6.61. The van der Waals surface area contributed by atoms with Crippen molar-refractivity contribution < 1.29 is 13.2 Å². The molecule has 6 nitrogen and oxygen atoms in total. The smallest absolute Gasteiger partial charge is 0.251 e. The second-order valence-electron chi connectivity index (χ2n) is 4.69. The van der Waals surface area contributed by atoms with E-state index in [9.17, 15) is 13.2 Å². The van der Waals surface area contributed by atoms with Gasteiger partial charge >= 0.3 is 0 Å². The molecule has 0 aliphatic heterocycles. The highest BCUT2D eigenvalue weighted by molar-refractivity contribution is 7.89. The lowest BCUT2D eigenvalue weighted by atomic mass is 10.2. The summed E-state index contributed by atoms with van der Waals surface area (Å²) >= 11 is 0. The molecule has 21 heavy (non-hydrogen) atoms. The zero-order valence-electron chi connectivity index (χ0n) is 12.0. The van der Waals surface area contributed by atoms with Gasteiger partial charge in [-0.2, -0.15) is 0 Å². The maximum atomic E-state index is 12.0. The molecule has 0 radical (unpaired) electrons. The van der Waals surface area contributed by atoms with Gasteiger partial charge in [-0.25, -0.2) is 13.1 Å². The Labute approximate surface area is 125 Å². The molecule has 0 aliphatic rings. The molecule has 0 aromatic heterocycles. The van der Waals surface area contributed by atoms with Gasteiger partial charge in [0.25, 0.3) is 5.91 Å². The molecule has 1 aromatic rings. The molecule has 0 fully saturated rings. The molecule has 1 unspecified atom stereocenters. The number of sulfonamides is 1. The minimum atomic E-state index is -3.63. The largest absolute Gasteiger partial charge is 0.352 e. The van der Waals surface area contributed by atoms with E-state index in [1.807, 2.05) is 6.92 Å². The molecule has 0 heterocycles. The Kier molecular flexibility index (Phi) is 6.54. The van der Waals surface area contributed by atoms with Crippen molar-refractivity contribution >= 4 is 15.9 Å². The summed E-state index contributed by atoms with van der Waals surface area (Å²) in [5, 5.41) is 2.70. The molecule has 116 valence electrons. The minimum Gasteiger partial charge on any atom is -0.352 e. The minimum absolute atomic E-state index is 0.000107. The van der Waals surface area contributed by atoms with E-state index in [-0.39, 0.29) is 23.4 Å². The van der Waals surface area contributed by atoms with Crippen LogP contribution >= 0.6 is 0 Å². The standard InChI is InChI=1S/C14H21N3O3S/c1-3-8-17-21(19,20)13-6-4-5-12(10-13)14(18)16-9-7-11(2)15/h3-6,10-11,17H,1,7-9,15H2,2H3,(H,16,18). The third-order valence-electron chi connectivity index (χ3n) is 2.71. The number of amides is 1. The van der Waals surface area contributed by atoms with Crippen molar-refractivity contribution in [1.29, 1.82) is 0 Å². The molecule has 1 aromatic carbocycles. The monoisotopic (exact) mass is 311 g/mol. The van der Waals surface area contributed by atoms with Gasteiger partial charge in [-0.05, 0) is 31.5 Å². The van der Waals surface area contributed by atoms with Gasteiger partial charge in [-0.3, -0.25) is 4.79 Å². The van der Waals surface area contributed by atoms with Crippen LogP contribution in [-0.2, 0) is 10.0 Å². The molecule has 0 saturated heterocycles. The molecule has 7 heteroatoms. The van der Waals surface area contributed by atoms with E-state index in [1.54, 1.807) is 6.07 Å². The van der Waals surface area contributed by atoms with Gasteiger partial charge in [0.15, 0.2) is 0 Å². The fraction of sp³-hybridized carbons (Fsp3) is 0.357. The number of carbonyl (C=O) groups excluding carboxylic acids is 1. The molecule has 1 rings (SSSR count). The van der Waals surface area contributed by atoms with Crippen LogP contribution in [0.5, 0.6) is 0 Å². The molecule has 1 atom stereocenters. The lowest BCUT2D eigenvalue weighted by Crippen LogP contribution is -2.29. The lowest BCUT2D eigenvalue weighted by Gasteiger charge is -2.09. The summed E-state index contributed by atoms with van der Waals surface area (Å²) in [6, 6.07) is 5.87. The average Bonchev–Trinajstić information content (AvgIpc) is 2.45. The van der Waals surface area contributed by atoms with Crippen molar-refractivity contribution in [2.45, 2.75) is 24.3 Å². The van der Waals surface area contributed by atoms with E-state index in [4.69, 9.17) is 5.73 Å². The van der Waals surface area contributed by atoms with Gasteiger partial charge in [0.05, 0.1) is 4.90 Å². The summed E-state index contributed by atoms with van der Waals surface area (Å²) in [6.07, 6.45) is 2.10. The van der Waals surface area contributed by atoms with E-state index in [1.165, 1.54) is 24.3 Å². The maximum absolute atomic E-state index is 12.0. The second-order valence-corrected chi connectivity index (χ2v) is 6.46. The molecule has 0 saturated carbocycles. The molecule has 4 N–H and O–H groups in total. The normalized spacial score (nSPS) is 12.7. The Hall–Kier alpha value is -1.70. The summed E-state index contributed by atoms with van der Waals surface area (Å²) < 4.78 is 26.3. The number of hydrogen-bond acceptors (Lipinski definition) is 4. The fourth-order valence-electron chi connectivity index (χ4n) is 1.57. The average molecular weight is 311 g/mol. The van der Waals surface area contributed by atoms with Crippen LogP contribution in [0.25, 0.3) is 0 Å². The first kappa shape index (κ1) is 17.4. The Bertz CT molecular complexity index is 597. The zero-order valence-corrected chi connectivity index (χ0v) is 12.8. The first-order valence-corrected chi connectivity index (χ1v) is 8.09. The fourth-order valence-corrected chi connectivity index (χ4v) is 2.62. The van der Waals surface area contributed by atoms with Gasteiger partial charge < -0.3 is 11.1 Å². The summed E-state index contributed by atoms with van der Waals surface area (Å²) in [5.41, 5.74) is 5.89. The van der Waals surface area contributed by atoms with E-state index >= 15 is 0 Å². The third-order valence-corrected chi connectivity index (χ3v) is 4.13. The zero-order chi connectivity index (χ0) is 15.9. The second kappa shape index (κ2) is 7.92. The van der Waals surface area contributed by atoms with Crippen LogP contribution in [0.1, 0.15) is 23.7 Å². The highest BCUT2D eigenvalue weighted by Gasteiger charge is 2.15. The van der Waals surface area contributed by atoms with Crippen LogP contribution in [0.15, 0.2) is 41.8 Å². The summed E-state index contributed by atoms with van der Waals surface area (Å²) in [7, 11) is -3.63. The SMILES string of the molecule is C=CCNS(=O)(=O)c1cccc(C(=O)NCCC(C)N)c1. The highest BCUT2D eigenvalue weighted by atomic mass is 32.2. The predicted molar refractivity (Wildman–Crippen MR) is 82.4 cm³/mol. The van der Waals surface area contributed by atoms with E-state index in [0.717, 1.165) is 0 Å². The molecular formula is C14H21N3O3S. The number of carbonyl (C=O) groups is 1. The van der Waals surface area contributed by atoms with Gasteiger partial charge in [-0.1, -0.05) is 12.1 Å². The van der Waals surface area contributed by atoms with Crippen molar-refractivity contribution in [3.8, 4) is 0 Å². The lowest BCUT2D eigenvalue weighted by molar-refractivity contribution is 0.0952. The van der Waals surface area contributed by atoms with Crippen LogP contribution in [0, 0.1) is 0 Å². The van der Waals surface area contributed by atoms with Crippen molar-refractivity contribution in [2.24, 2.45) is 5.73 Å². The topological polar surface area (TPSA) is 101 Å². The summed E-state index contributed by atoms with van der Waals surface area (Å²) in [5.74, 6) is -0.323. The van der Waals surface area contributed by atoms with Crippen molar-refractivity contribution in [3.63, 3.8) is 0 Å². The summed E-state index contributed by atoms with van der Waals surface area (Å²) in [6.45, 7) is 5.88. The predicted octanol–water partition coefficient (Wildman–Crippen LogP) is 0.618. The molecular weight excluding hydrogens is 290 g/mol. The molecule has 0 spiro atoms. The first-order chi connectivity index (χ1) is 9.86. The Morgan fingerprint density at radius 3 is 2.81 bits per heavy atom. The van der Waals surface area contributed by atoms with Crippen molar-refractivity contribution in [3.05, 3.63) is 42.5 Å². The molecule has 0 aliphatic carbocycles. The van der Waals surface area contributed by atoms with Crippen molar-refractivity contribution in [1.82, 2.24) is 10.0 Å². The maximum Gasteiger partial charge on any atom is 0.251 e. The van der Waals surface area contributed by atoms with E-state index < -0.39 is 10.0 Å². The van der Waals surface area contributed by atoms with Crippen molar-refractivity contribution in [2.75, 3.05) is 13.1 Å². The molecule has 0 bridgehead atoms. The van der Waals surface area contributed by atoms with Crippen LogP contribution in [0.4, 0.5) is 0 Å². The Balaban J connectivity index is 2.80. The number of benzene rings is 1. The summed E-state index contributed by atoms with van der Waals surface area (Å²) in [4.78, 5) is 12.0. The number of nitrogens with one attached hydrogen (secondary N) is 2. The Morgan fingerprint density at radius 1 is 1.48 bits per heavy atom. The van der Waals surface area contributed by atoms with Gasteiger partial charge in [-0.15, -0.1) is 6.58 Å². The van der Waals surface area contributed by atoms with Crippen LogP contribution < -0.4 is 15.8 Å². The highest BCUT2D eigenvalue weighted by Crippen LogP contribution is 2.11. The Morgan fingerprint density at radius 2 is 2.19 bits per heavy atom. The number of hydrogen-bond donors (Lipinski definition) is 3. The molecule has 1 amide bonds. The van der Waals surface area contributed by atoms with Gasteiger partial charge in [0.1, 0.15) is 0 Å². The van der Waals surface area contributed by atoms with Gasteiger partial charge in [0, 0.05) is 24.7 Å². The third kappa shape index (κ3) is 5.66.